The van der Waals surface area contributed by atoms with Crippen LogP contribution in [-0.4, -0.2) is 15.0 Å². The van der Waals surface area contributed by atoms with Crippen molar-refractivity contribution in [3.05, 3.63) is 65.9 Å². The number of pyridine rings is 1. The Morgan fingerprint density at radius 1 is 1.15 bits per heavy atom. The van der Waals surface area contributed by atoms with Crippen molar-refractivity contribution in [3.63, 3.8) is 0 Å². The molecule has 1 unspecified atom stereocenters. The molecule has 5 heteroatoms. The number of benzene rings is 1. The quantitative estimate of drug-likeness (QED) is 0.558. The molecule has 0 bridgehead atoms. The molecule has 3 aromatic rings. The van der Waals surface area contributed by atoms with Gasteiger partial charge in [-0.3, -0.25) is 10.8 Å². The second kappa shape index (κ2) is 5.32. The summed E-state index contributed by atoms with van der Waals surface area (Å²) in [6.45, 7) is 1.98. The first-order valence-electron chi connectivity index (χ1n) is 6.37. The molecular weight excluding hydrogens is 250 g/mol. The highest BCUT2D eigenvalue weighted by atomic mass is 15.2. The number of hydrazine groups is 1. The zero-order valence-electron chi connectivity index (χ0n) is 11.1. The van der Waals surface area contributed by atoms with E-state index in [9.17, 15) is 0 Å². The van der Waals surface area contributed by atoms with Gasteiger partial charge in [0.15, 0.2) is 0 Å². The molecule has 0 amide bonds. The molecule has 100 valence electrons. The molecule has 3 rings (SSSR count). The molecule has 3 N–H and O–H groups in total. The summed E-state index contributed by atoms with van der Waals surface area (Å²) >= 11 is 0. The average Bonchev–Trinajstić information content (AvgIpc) is 2.49. The molecule has 0 aliphatic rings. The van der Waals surface area contributed by atoms with Crippen LogP contribution in [0.5, 0.6) is 0 Å². The van der Waals surface area contributed by atoms with Crippen LogP contribution in [0, 0.1) is 6.92 Å². The number of nitrogens with one attached hydrogen (secondary N) is 1. The third-order valence-corrected chi connectivity index (χ3v) is 3.25. The van der Waals surface area contributed by atoms with E-state index in [1.165, 1.54) is 6.33 Å². The van der Waals surface area contributed by atoms with Crippen molar-refractivity contribution in [2.75, 3.05) is 0 Å². The minimum atomic E-state index is -0.163. The van der Waals surface area contributed by atoms with E-state index in [2.05, 4.69) is 32.5 Å². The van der Waals surface area contributed by atoms with Crippen molar-refractivity contribution in [1.82, 2.24) is 20.4 Å². The molecule has 1 atom stereocenters. The molecule has 0 saturated heterocycles. The molecule has 2 aromatic heterocycles. The van der Waals surface area contributed by atoms with E-state index in [-0.39, 0.29) is 6.04 Å². The van der Waals surface area contributed by atoms with Crippen molar-refractivity contribution in [3.8, 4) is 0 Å². The van der Waals surface area contributed by atoms with Gasteiger partial charge in [0, 0.05) is 17.3 Å². The second-order valence-corrected chi connectivity index (χ2v) is 4.64. The van der Waals surface area contributed by atoms with E-state index >= 15 is 0 Å². The predicted octanol–water partition coefficient (Wildman–Crippen LogP) is 1.89. The van der Waals surface area contributed by atoms with E-state index in [1.807, 2.05) is 31.2 Å². The van der Waals surface area contributed by atoms with Crippen molar-refractivity contribution in [2.24, 2.45) is 5.84 Å². The minimum absolute atomic E-state index is 0.163. The highest BCUT2D eigenvalue weighted by molar-refractivity contribution is 5.79. The van der Waals surface area contributed by atoms with Crippen molar-refractivity contribution in [2.45, 2.75) is 13.0 Å². The van der Waals surface area contributed by atoms with Gasteiger partial charge in [0.1, 0.15) is 6.33 Å². The van der Waals surface area contributed by atoms with Gasteiger partial charge in [0.25, 0.3) is 0 Å². The van der Waals surface area contributed by atoms with Crippen molar-refractivity contribution < 1.29 is 0 Å². The fourth-order valence-electron chi connectivity index (χ4n) is 2.25. The van der Waals surface area contributed by atoms with Crippen LogP contribution >= 0.6 is 0 Å². The Bertz CT molecular complexity index is 727. The maximum atomic E-state index is 5.68. The Morgan fingerprint density at radius 2 is 2.05 bits per heavy atom. The summed E-state index contributed by atoms with van der Waals surface area (Å²) in [6.07, 6.45) is 3.23. The summed E-state index contributed by atoms with van der Waals surface area (Å²) in [6, 6.07) is 11.8. The topological polar surface area (TPSA) is 76.7 Å². The number of rotatable bonds is 3. The summed E-state index contributed by atoms with van der Waals surface area (Å²) in [7, 11) is 0. The van der Waals surface area contributed by atoms with Gasteiger partial charge in [-0.25, -0.2) is 15.4 Å². The second-order valence-electron chi connectivity index (χ2n) is 4.64. The molecule has 0 saturated carbocycles. The third kappa shape index (κ3) is 2.36. The molecule has 5 nitrogen and oxygen atoms in total. The maximum absolute atomic E-state index is 5.68. The summed E-state index contributed by atoms with van der Waals surface area (Å²) in [4.78, 5) is 12.7. The molecular formula is C15H15N5. The van der Waals surface area contributed by atoms with Crippen molar-refractivity contribution >= 4 is 10.9 Å². The van der Waals surface area contributed by atoms with Gasteiger partial charge in [-0.1, -0.05) is 12.1 Å². The molecule has 0 aliphatic carbocycles. The standard InChI is InChI=1S/C15H15N5/c1-10-2-3-11-8-12(4-5-13(11)19-10)15(20-16)14-6-7-17-9-18-14/h2-9,15,20H,16H2,1H3. The minimum Gasteiger partial charge on any atom is -0.271 e. The van der Waals surface area contributed by atoms with E-state index in [1.54, 1.807) is 6.20 Å². The summed E-state index contributed by atoms with van der Waals surface area (Å²) in [5.41, 5.74) is 6.67. The number of aromatic nitrogens is 3. The molecule has 0 aliphatic heterocycles. The smallest absolute Gasteiger partial charge is 0.115 e. The predicted molar refractivity (Wildman–Crippen MR) is 77.7 cm³/mol. The van der Waals surface area contributed by atoms with Gasteiger partial charge in [-0.05, 0) is 36.8 Å². The number of aryl methyl sites for hydroxylation is 1. The third-order valence-electron chi connectivity index (χ3n) is 3.25. The number of nitrogens with zero attached hydrogens (tertiary/aromatic N) is 3. The fraction of sp³-hybridized carbons (Fsp3) is 0.133. The van der Waals surface area contributed by atoms with Gasteiger partial charge >= 0.3 is 0 Å². The van der Waals surface area contributed by atoms with Gasteiger partial charge in [0.2, 0.25) is 0 Å². The number of fused-ring (bicyclic) bond motifs is 1. The Hall–Kier alpha value is -2.37. The van der Waals surface area contributed by atoms with Gasteiger partial charge in [-0.15, -0.1) is 0 Å². The van der Waals surface area contributed by atoms with E-state index in [4.69, 9.17) is 5.84 Å². The molecule has 0 fully saturated rings. The van der Waals surface area contributed by atoms with Crippen LogP contribution in [0.3, 0.4) is 0 Å². The number of hydrogen-bond acceptors (Lipinski definition) is 5. The number of nitrogens with two attached hydrogens (primary N) is 1. The Balaban J connectivity index is 2.06. The van der Waals surface area contributed by atoms with Crippen LogP contribution in [0.15, 0.2) is 48.9 Å². The fourth-order valence-corrected chi connectivity index (χ4v) is 2.25. The average molecular weight is 265 g/mol. The highest BCUT2D eigenvalue weighted by Gasteiger charge is 2.14. The van der Waals surface area contributed by atoms with Crippen LogP contribution in [-0.2, 0) is 0 Å². The Morgan fingerprint density at radius 3 is 2.80 bits per heavy atom. The lowest BCUT2D eigenvalue weighted by molar-refractivity contribution is 0.619. The van der Waals surface area contributed by atoms with Crippen LogP contribution in [0.2, 0.25) is 0 Å². The van der Waals surface area contributed by atoms with E-state index < -0.39 is 0 Å². The van der Waals surface area contributed by atoms with Gasteiger partial charge in [-0.2, -0.15) is 0 Å². The van der Waals surface area contributed by atoms with Gasteiger partial charge in [0.05, 0.1) is 17.3 Å². The first-order chi connectivity index (χ1) is 9.78. The summed E-state index contributed by atoms with van der Waals surface area (Å²) in [5.74, 6) is 5.68. The first kappa shape index (κ1) is 12.7. The highest BCUT2D eigenvalue weighted by Crippen LogP contribution is 2.23. The molecule has 0 spiro atoms. The molecule has 1 aromatic carbocycles. The van der Waals surface area contributed by atoms with Gasteiger partial charge < -0.3 is 0 Å². The van der Waals surface area contributed by atoms with Crippen LogP contribution in [0.4, 0.5) is 0 Å². The molecule has 20 heavy (non-hydrogen) atoms. The SMILES string of the molecule is Cc1ccc2cc(C(NN)c3ccncn3)ccc2n1. The first-order valence-corrected chi connectivity index (χ1v) is 6.37. The lowest BCUT2D eigenvalue weighted by atomic mass is 10.0. The Kier molecular flexibility index (Phi) is 3.37. The molecule has 2 heterocycles. The van der Waals surface area contributed by atoms with E-state index in [0.717, 1.165) is 27.9 Å². The molecule has 0 radical (unpaired) electrons. The van der Waals surface area contributed by atoms with E-state index in [0.29, 0.717) is 0 Å². The van der Waals surface area contributed by atoms with Crippen LogP contribution < -0.4 is 11.3 Å². The summed E-state index contributed by atoms with van der Waals surface area (Å²) < 4.78 is 0. The lowest BCUT2D eigenvalue weighted by Gasteiger charge is -2.16. The Labute approximate surface area is 116 Å². The number of hydrogen-bond donors (Lipinski definition) is 2. The zero-order chi connectivity index (χ0) is 13.9. The lowest BCUT2D eigenvalue weighted by Crippen LogP contribution is -2.29. The maximum Gasteiger partial charge on any atom is 0.115 e. The van der Waals surface area contributed by atoms with Crippen LogP contribution in [0.25, 0.3) is 10.9 Å². The largest absolute Gasteiger partial charge is 0.271 e. The van der Waals surface area contributed by atoms with Crippen LogP contribution in [0.1, 0.15) is 23.0 Å². The monoisotopic (exact) mass is 265 g/mol. The summed E-state index contributed by atoms with van der Waals surface area (Å²) in [5, 5.41) is 1.09. The zero-order valence-corrected chi connectivity index (χ0v) is 11.1. The normalized spacial score (nSPS) is 12.5. The van der Waals surface area contributed by atoms with Crippen molar-refractivity contribution in [1.29, 1.82) is 0 Å².